The fourth-order valence-electron chi connectivity index (χ4n) is 3.20. The zero-order chi connectivity index (χ0) is 20.8. The Balaban J connectivity index is 1.44. The van der Waals surface area contributed by atoms with E-state index < -0.39 is 11.7 Å². The summed E-state index contributed by atoms with van der Waals surface area (Å²) in [6.07, 6.45) is 2.05. The molecule has 1 fully saturated rings. The Hall–Kier alpha value is -3.00. The van der Waals surface area contributed by atoms with Crippen LogP contribution in [-0.2, 0) is 16.1 Å². The standard InChI is InChI=1S/C21H25FN4O3/c1-14-12-26(13-15(2)29-14)19-8-3-16(9-23-19)10-24-20(27)11-25-21(28)17-4-6-18(22)7-5-17/h3-9,14-15H,10-13H2,1-2H3,(H,24,27)(H,25,28). The Bertz CT molecular complexity index is 832. The van der Waals surface area contributed by atoms with Gasteiger partial charge in [-0.1, -0.05) is 6.07 Å². The highest BCUT2D eigenvalue weighted by molar-refractivity contribution is 5.96. The van der Waals surface area contributed by atoms with E-state index in [2.05, 4.69) is 20.5 Å². The van der Waals surface area contributed by atoms with Gasteiger partial charge in [0.15, 0.2) is 0 Å². The number of hydrogen-bond donors (Lipinski definition) is 2. The molecule has 0 saturated carbocycles. The van der Waals surface area contributed by atoms with Crippen LogP contribution in [-0.4, -0.2) is 48.6 Å². The minimum Gasteiger partial charge on any atom is -0.372 e. The van der Waals surface area contributed by atoms with Gasteiger partial charge in [0.2, 0.25) is 5.91 Å². The minimum atomic E-state index is -0.430. The lowest BCUT2D eigenvalue weighted by Crippen LogP contribution is -2.45. The minimum absolute atomic E-state index is 0.157. The Morgan fingerprint density at radius 1 is 1.10 bits per heavy atom. The van der Waals surface area contributed by atoms with Crippen LogP contribution in [0, 0.1) is 5.82 Å². The van der Waals surface area contributed by atoms with Gasteiger partial charge in [-0.2, -0.15) is 0 Å². The van der Waals surface area contributed by atoms with Crippen molar-refractivity contribution in [1.82, 2.24) is 15.6 Å². The molecule has 0 radical (unpaired) electrons. The smallest absolute Gasteiger partial charge is 0.251 e. The number of hydrogen-bond acceptors (Lipinski definition) is 5. The van der Waals surface area contributed by atoms with Crippen LogP contribution >= 0.6 is 0 Å². The summed E-state index contributed by atoms with van der Waals surface area (Å²) in [7, 11) is 0. The van der Waals surface area contributed by atoms with Crippen molar-refractivity contribution in [2.75, 3.05) is 24.5 Å². The SMILES string of the molecule is CC1CN(c2ccc(CNC(=O)CNC(=O)c3ccc(F)cc3)cn2)CC(C)O1. The number of aromatic nitrogens is 1. The monoisotopic (exact) mass is 400 g/mol. The van der Waals surface area contributed by atoms with Crippen LogP contribution < -0.4 is 15.5 Å². The van der Waals surface area contributed by atoms with Gasteiger partial charge >= 0.3 is 0 Å². The van der Waals surface area contributed by atoms with Crippen molar-refractivity contribution in [3.05, 3.63) is 59.5 Å². The molecule has 154 valence electrons. The third kappa shape index (κ3) is 5.99. The van der Waals surface area contributed by atoms with E-state index in [-0.39, 0.29) is 24.7 Å². The summed E-state index contributed by atoms with van der Waals surface area (Å²) in [5.74, 6) is -0.286. The molecule has 7 nitrogen and oxygen atoms in total. The van der Waals surface area contributed by atoms with Crippen LogP contribution in [0.3, 0.4) is 0 Å². The topological polar surface area (TPSA) is 83.6 Å². The van der Waals surface area contributed by atoms with E-state index in [9.17, 15) is 14.0 Å². The van der Waals surface area contributed by atoms with Gasteiger partial charge in [0.25, 0.3) is 5.91 Å². The average molecular weight is 400 g/mol. The molecule has 2 unspecified atom stereocenters. The Morgan fingerprint density at radius 3 is 2.41 bits per heavy atom. The summed E-state index contributed by atoms with van der Waals surface area (Å²) < 4.78 is 18.6. The molecule has 0 spiro atoms. The Labute approximate surface area is 169 Å². The molecule has 1 aliphatic heterocycles. The fourth-order valence-corrected chi connectivity index (χ4v) is 3.20. The summed E-state index contributed by atoms with van der Waals surface area (Å²) in [4.78, 5) is 30.6. The summed E-state index contributed by atoms with van der Waals surface area (Å²) in [6, 6.07) is 8.98. The van der Waals surface area contributed by atoms with Gasteiger partial charge in [0.1, 0.15) is 11.6 Å². The predicted octanol–water partition coefficient (Wildman–Crippen LogP) is 1.88. The largest absolute Gasteiger partial charge is 0.372 e. The highest BCUT2D eigenvalue weighted by atomic mass is 19.1. The van der Waals surface area contributed by atoms with Gasteiger partial charge in [-0.3, -0.25) is 9.59 Å². The van der Waals surface area contributed by atoms with Crippen LogP contribution in [0.4, 0.5) is 10.2 Å². The second-order valence-corrected chi connectivity index (χ2v) is 7.15. The number of benzene rings is 1. The molecule has 1 aromatic heterocycles. The van der Waals surface area contributed by atoms with Crippen molar-refractivity contribution in [2.45, 2.75) is 32.6 Å². The van der Waals surface area contributed by atoms with Gasteiger partial charge in [-0.15, -0.1) is 0 Å². The molecular formula is C21H25FN4O3. The molecule has 0 bridgehead atoms. The second-order valence-electron chi connectivity index (χ2n) is 7.15. The fraction of sp³-hybridized carbons (Fsp3) is 0.381. The van der Waals surface area contributed by atoms with Crippen LogP contribution in [0.2, 0.25) is 0 Å². The molecule has 3 rings (SSSR count). The number of rotatable bonds is 6. The van der Waals surface area contributed by atoms with E-state index in [1.165, 1.54) is 24.3 Å². The van der Waals surface area contributed by atoms with Crippen molar-refractivity contribution in [2.24, 2.45) is 0 Å². The number of nitrogens with one attached hydrogen (secondary N) is 2. The first-order chi connectivity index (χ1) is 13.9. The van der Waals surface area contributed by atoms with E-state index in [0.717, 1.165) is 24.5 Å². The number of ether oxygens (including phenoxy) is 1. The number of morpholine rings is 1. The molecule has 8 heteroatoms. The van der Waals surface area contributed by atoms with Crippen LogP contribution in [0.25, 0.3) is 0 Å². The first kappa shape index (κ1) is 20.7. The highest BCUT2D eigenvalue weighted by Crippen LogP contribution is 2.18. The number of anilines is 1. The van der Waals surface area contributed by atoms with Crippen molar-refractivity contribution in [1.29, 1.82) is 0 Å². The molecule has 2 heterocycles. The number of amides is 2. The summed E-state index contributed by atoms with van der Waals surface area (Å²) in [6.45, 7) is 5.82. The van der Waals surface area contributed by atoms with E-state index in [0.29, 0.717) is 12.1 Å². The van der Waals surface area contributed by atoms with Crippen molar-refractivity contribution >= 4 is 17.6 Å². The van der Waals surface area contributed by atoms with Gasteiger partial charge in [-0.05, 0) is 49.7 Å². The van der Waals surface area contributed by atoms with Crippen LogP contribution in [0.15, 0.2) is 42.6 Å². The summed E-state index contributed by atoms with van der Waals surface area (Å²) >= 11 is 0. The highest BCUT2D eigenvalue weighted by Gasteiger charge is 2.22. The zero-order valence-corrected chi connectivity index (χ0v) is 16.5. The number of carbonyl (C=O) groups is 2. The lowest BCUT2D eigenvalue weighted by atomic mass is 10.2. The van der Waals surface area contributed by atoms with E-state index in [1.54, 1.807) is 6.20 Å². The van der Waals surface area contributed by atoms with Crippen molar-refractivity contribution in [3.8, 4) is 0 Å². The van der Waals surface area contributed by atoms with Crippen molar-refractivity contribution in [3.63, 3.8) is 0 Å². The Kier molecular flexibility index (Phi) is 6.77. The van der Waals surface area contributed by atoms with Gasteiger partial charge in [-0.25, -0.2) is 9.37 Å². The Morgan fingerprint density at radius 2 is 1.79 bits per heavy atom. The second kappa shape index (κ2) is 9.47. The van der Waals surface area contributed by atoms with Crippen LogP contribution in [0.1, 0.15) is 29.8 Å². The number of pyridine rings is 1. The average Bonchev–Trinajstić information content (AvgIpc) is 2.70. The molecule has 29 heavy (non-hydrogen) atoms. The number of halogens is 1. The molecule has 2 atom stereocenters. The van der Waals surface area contributed by atoms with E-state index in [4.69, 9.17) is 4.74 Å². The number of nitrogens with zero attached hydrogens (tertiary/aromatic N) is 2. The molecule has 2 aromatic rings. The summed E-state index contributed by atoms with van der Waals surface area (Å²) in [5.41, 5.74) is 1.16. The molecule has 1 aromatic carbocycles. The van der Waals surface area contributed by atoms with Gasteiger partial charge in [0.05, 0.1) is 18.8 Å². The summed E-state index contributed by atoms with van der Waals surface area (Å²) in [5, 5.41) is 5.25. The molecule has 2 amide bonds. The maximum absolute atomic E-state index is 12.9. The van der Waals surface area contributed by atoms with Gasteiger partial charge in [0, 0.05) is 31.4 Å². The van der Waals surface area contributed by atoms with E-state index in [1.807, 2.05) is 26.0 Å². The van der Waals surface area contributed by atoms with Gasteiger partial charge < -0.3 is 20.3 Å². The molecular weight excluding hydrogens is 375 g/mol. The van der Waals surface area contributed by atoms with E-state index >= 15 is 0 Å². The maximum atomic E-state index is 12.9. The first-order valence-electron chi connectivity index (χ1n) is 9.56. The molecule has 2 N–H and O–H groups in total. The zero-order valence-electron chi connectivity index (χ0n) is 16.5. The quantitative estimate of drug-likeness (QED) is 0.774. The number of carbonyl (C=O) groups excluding carboxylic acids is 2. The molecule has 1 saturated heterocycles. The first-order valence-corrected chi connectivity index (χ1v) is 9.56. The maximum Gasteiger partial charge on any atom is 0.251 e. The molecule has 0 aliphatic carbocycles. The lowest BCUT2D eigenvalue weighted by molar-refractivity contribution is -0.120. The molecule has 1 aliphatic rings. The third-order valence-corrected chi connectivity index (χ3v) is 4.56. The third-order valence-electron chi connectivity index (χ3n) is 4.56. The van der Waals surface area contributed by atoms with Crippen LogP contribution in [0.5, 0.6) is 0 Å². The normalized spacial score (nSPS) is 18.9. The van der Waals surface area contributed by atoms with Crippen molar-refractivity contribution < 1.29 is 18.7 Å². The predicted molar refractivity (Wildman–Crippen MR) is 107 cm³/mol. The lowest BCUT2D eigenvalue weighted by Gasteiger charge is -2.36.